The van der Waals surface area contributed by atoms with Gasteiger partial charge in [0, 0.05) is 11.6 Å². The van der Waals surface area contributed by atoms with Crippen LogP contribution in [-0.2, 0) is 9.53 Å². The number of amides is 2. The summed E-state index contributed by atoms with van der Waals surface area (Å²) in [5, 5.41) is 2.93. The summed E-state index contributed by atoms with van der Waals surface area (Å²) in [6, 6.07) is 6.48. The monoisotopic (exact) mass is 360 g/mol. The van der Waals surface area contributed by atoms with Crippen molar-refractivity contribution in [1.29, 1.82) is 0 Å². The van der Waals surface area contributed by atoms with Gasteiger partial charge in [-0.1, -0.05) is 12.5 Å². The minimum absolute atomic E-state index is 0.0131. The molecule has 1 N–H and O–H groups in total. The summed E-state index contributed by atoms with van der Waals surface area (Å²) < 4.78 is 11.4. The second-order valence-corrected chi connectivity index (χ2v) is 7.40. The number of hydrogen-bond acceptors (Lipinski definition) is 4. The molecule has 6 nitrogen and oxygen atoms in total. The normalized spacial score (nSPS) is 21.8. The third-order valence-corrected chi connectivity index (χ3v) is 5.16. The average molecular weight is 360 g/mol. The van der Waals surface area contributed by atoms with E-state index in [1.54, 1.807) is 36.3 Å². The molecular formula is C20H28N2O4. The fourth-order valence-electron chi connectivity index (χ4n) is 3.95. The first-order valence-corrected chi connectivity index (χ1v) is 9.39. The lowest BCUT2D eigenvalue weighted by molar-refractivity contribution is -0.127. The number of benzene rings is 1. The molecule has 1 aliphatic carbocycles. The summed E-state index contributed by atoms with van der Waals surface area (Å²) in [4.78, 5) is 27.8. The molecule has 3 rings (SSSR count). The first-order valence-electron chi connectivity index (χ1n) is 9.39. The molecular weight excluding hydrogens is 332 g/mol. The Kier molecular flexibility index (Phi) is 5.51. The molecule has 1 aromatic carbocycles. The molecule has 26 heavy (non-hydrogen) atoms. The van der Waals surface area contributed by atoms with Gasteiger partial charge in [0.25, 0.3) is 5.91 Å². The van der Waals surface area contributed by atoms with Gasteiger partial charge in [-0.3, -0.25) is 14.5 Å². The number of rotatable bonds is 4. The van der Waals surface area contributed by atoms with Crippen molar-refractivity contribution in [3.05, 3.63) is 29.8 Å². The Bertz CT molecular complexity index is 668. The molecule has 0 bridgehead atoms. The minimum Gasteiger partial charge on any atom is -0.497 e. The highest BCUT2D eigenvalue weighted by Gasteiger charge is 2.53. The van der Waals surface area contributed by atoms with Gasteiger partial charge in [-0.25, -0.2) is 0 Å². The second-order valence-electron chi connectivity index (χ2n) is 7.40. The molecule has 0 unspecified atom stereocenters. The first kappa shape index (κ1) is 18.7. The molecule has 0 aromatic heterocycles. The summed E-state index contributed by atoms with van der Waals surface area (Å²) >= 11 is 0. The van der Waals surface area contributed by atoms with Crippen LogP contribution in [0.25, 0.3) is 0 Å². The van der Waals surface area contributed by atoms with E-state index in [9.17, 15) is 9.59 Å². The van der Waals surface area contributed by atoms with Gasteiger partial charge in [-0.15, -0.1) is 0 Å². The fraction of sp³-hybridized carbons (Fsp3) is 0.600. The van der Waals surface area contributed by atoms with Crippen molar-refractivity contribution in [2.75, 3.05) is 13.7 Å². The zero-order chi connectivity index (χ0) is 18.7. The van der Waals surface area contributed by atoms with E-state index < -0.39 is 11.8 Å². The topological polar surface area (TPSA) is 67.9 Å². The molecule has 1 saturated carbocycles. The smallest absolute Gasteiger partial charge is 0.257 e. The lowest BCUT2D eigenvalue weighted by Crippen LogP contribution is -2.57. The van der Waals surface area contributed by atoms with Crippen LogP contribution in [0.15, 0.2) is 24.3 Å². The van der Waals surface area contributed by atoms with Crippen molar-refractivity contribution in [2.45, 2.75) is 63.8 Å². The molecule has 0 radical (unpaired) electrons. The van der Waals surface area contributed by atoms with Crippen molar-refractivity contribution in [3.63, 3.8) is 0 Å². The first-order chi connectivity index (χ1) is 12.5. The molecule has 1 aliphatic heterocycles. The highest BCUT2D eigenvalue weighted by Crippen LogP contribution is 2.41. The molecule has 1 aromatic rings. The van der Waals surface area contributed by atoms with E-state index in [4.69, 9.17) is 9.47 Å². The SMILES string of the molecule is COc1cccc(C(=O)N2[C@@H](C(=O)NC(C)C)COC23CCCCC3)c1. The van der Waals surface area contributed by atoms with Gasteiger partial charge in [-0.2, -0.15) is 0 Å². The number of methoxy groups -OCH3 is 1. The Hall–Kier alpha value is -2.08. The molecule has 1 heterocycles. The van der Waals surface area contributed by atoms with E-state index in [-0.39, 0.29) is 24.5 Å². The highest BCUT2D eigenvalue weighted by molar-refractivity contribution is 5.98. The van der Waals surface area contributed by atoms with Gasteiger partial charge in [-0.05, 0) is 57.7 Å². The van der Waals surface area contributed by atoms with Crippen molar-refractivity contribution in [1.82, 2.24) is 10.2 Å². The van der Waals surface area contributed by atoms with Crippen LogP contribution in [0.4, 0.5) is 0 Å². The fourth-order valence-corrected chi connectivity index (χ4v) is 3.95. The Morgan fingerprint density at radius 2 is 2.00 bits per heavy atom. The molecule has 1 spiro atoms. The van der Waals surface area contributed by atoms with Gasteiger partial charge < -0.3 is 14.8 Å². The number of carbonyl (C=O) groups is 2. The quantitative estimate of drug-likeness (QED) is 0.896. The van der Waals surface area contributed by atoms with E-state index >= 15 is 0 Å². The molecule has 2 fully saturated rings. The summed E-state index contributed by atoms with van der Waals surface area (Å²) in [6.45, 7) is 4.07. The van der Waals surface area contributed by atoms with Crippen LogP contribution < -0.4 is 10.1 Å². The molecule has 142 valence electrons. The highest BCUT2D eigenvalue weighted by atomic mass is 16.5. The third-order valence-electron chi connectivity index (χ3n) is 5.16. The van der Waals surface area contributed by atoms with Crippen molar-refractivity contribution < 1.29 is 19.1 Å². The predicted octanol–water partition coefficient (Wildman–Crippen LogP) is 2.72. The number of ether oxygens (including phenoxy) is 2. The minimum atomic E-state index is -0.669. The Balaban J connectivity index is 1.94. The zero-order valence-corrected chi connectivity index (χ0v) is 15.8. The van der Waals surface area contributed by atoms with Crippen LogP contribution in [0, 0.1) is 0 Å². The number of nitrogens with one attached hydrogen (secondary N) is 1. The summed E-state index contributed by atoms with van der Waals surface area (Å²) in [6.07, 6.45) is 4.68. The molecule has 2 aliphatic rings. The van der Waals surface area contributed by atoms with Crippen LogP contribution in [-0.4, -0.2) is 48.2 Å². The van der Waals surface area contributed by atoms with Gasteiger partial charge in [0.15, 0.2) is 0 Å². The average Bonchev–Trinajstić information content (AvgIpc) is 2.99. The van der Waals surface area contributed by atoms with Crippen LogP contribution in [0.5, 0.6) is 5.75 Å². The van der Waals surface area contributed by atoms with Crippen LogP contribution >= 0.6 is 0 Å². The molecule has 1 saturated heterocycles. The summed E-state index contributed by atoms with van der Waals surface area (Å²) in [7, 11) is 1.57. The maximum atomic E-state index is 13.4. The van der Waals surface area contributed by atoms with Crippen molar-refractivity contribution in [3.8, 4) is 5.75 Å². The van der Waals surface area contributed by atoms with Gasteiger partial charge in [0.05, 0.1) is 13.7 Å². The van der Waals surface area contributed by atoms with E-state index in [0.717, 1.165) is 32.1 Å². The summed E-state index contributed by atoms with van der Waals surface area (Å²) in [5.41, 5.74) is -0.153. The van der Waals surface area contributed by atoms with E-state index in [1.165, 1.54) is 0 Å². The van der Waals surface area contributed by atoms with Crippen molar-refractivity contribution >= 4 is 11.8 Å². The number of carbonyl (C=O) groups excluding carboxylic acids is 2. The molecule has 1 atom stereocenters. The maximum Gasteiger partial charge on any atom is 0.257 e. The largest absolute Gasteiger partial charge is 0.497 e. The second kappa shape index (κ2) is 7.66. The Morgan fingerprint density at radius 3 is 2.65 bits per heavy atom. The van der Waals surface area contributed by atoms with Gasteiger partial charge >= 0.3 is 0 Å². The molecule has 6 heteroatoms. The van der Waals surface area contributed by atoms with E-state index in [1.807, 2.05) is 13.8 Å². The molecule has 2 amide bonds. The van der Waals surface area contributed by atoms with Crippen LogP contribution in [0.1, 0.15) is 56.3 Å². The van der Waals surface area contributed by atoms with Crippen molar-refractivity contribution in [2.24, 2.45) is 0 Å². The van der Waals surface area contributed by atoms with E-state index in [2.05, 4.69) is 5.32 Å². The lowest BCUT2D eigenvalue weighted by Gasteiger charge is -2.41. The number of nitrogens with zero attached hydrogens (tertiary/aromatic N) is 1. The van der Waals surface area contributed by atoms with Crippen LogP contribution in [0.3, 0.4) is 0 Å². The summed E-state index contributed by atoms with van der Waals surface area (Å²) in [5.74, 6) is 0.294. The predicted molar refractivity (Wildman–Crippen MR) is 98.0 cm³/mol. The number of hydrogen-bond donors (Lipinski definition) is 1. The standard InChI is InChI=1S/C20H28N2O4/c1-14(2)21-18(23)17-13-26-20(10-5-4-6-11-20)22(17)19(24)15-8-7-9-16(12-15)25-3/h7-9,12,14,17H,4-6,10-11,13H2,1-3H3,(H,21,23)/t17-/m1/s1. The van der Waals surface area contributed by atoms with E-state index in [0.29, 0.717) is 11.3 Å². The van der Waals surface area contributed by atoms with Crippen LogP contribution in [0.2, 0.25) is 0 Å². The third kappa shape index (κ3) is 3.56. The van der Waals surface area contributed by atoms with Gasteiger partial charge in [0.1, 0.15) is 17.5 Å². The lowest BCUT2D eigenvalue weighted by atomic mass is 9.89. The maximum absolute atomic E-state index is 13.4. The van der Waals surface area contributed by atoms with Gasteiger partial charge in [0.2, 0.25) is 5.91 Å². The zero-order valence-electron chi connectivity index (χ0n) is 15.8. The Morgan fingerprint density at radius 1 is 1.27 bits per heavy atom. The Labute approximate surface area is 154 Å².